The molecule has 3 rings (SSSR count). The van der Waals surface area contributed by atoms with Crippen molar-refractivity contribution in [3.05, 3.63) is 36.0 Å². The molecule has 1 aromatic carbocycles. The highest BCUT2D eigenvalue weighted by Crippen LogP contribution is 2.25. The van der Waals surface area contributed by atoms with Crippen LogP contribution in [0.5, 0.6) is 5.75 Å². The number of carbonyl (C=O) groups is 2. The van der Waals surface area contributed by atoms with E-state index in [-0.39, 0.29) is 28.5 Å². The topological polar surface area (TPSA) is 97.6 Å². The first-order valence-corrected chi connectivity index (χ1v) is 8.48. The lowest BCUT2D eigenvalue weighted by atomic mass is 10.3. The molecule has 0 aliphatic carbocycles. The summed E-state index contributed by atoms with van der Waals surface area (Å²) in [5, 5.41) is 10.4. The number of thioether (sulfide) groups is 1. The van der Waals surface area contributed by atoms with Gasteiger partial charge in [-0.2, -0.15) is 0 Å². The monoisotopic (exact) mass is 366 g/mol. The number of imide groups is 1. The number of hydrogen-bond acceptors (Lipinski definition) is 7. The Kier molecular flexibility index (Phi) is 5.17. The molecular weight excluding hydrogens is 351 g/mol. The van der Waals surface area contributed by atoms with Crippen molar-refractivity contribution in [2.75, 3.05) is 18.8 Å². The minimum Gasteiger partial charge on any atom is -0.478 e. The van der Waals surface area contributed by atoms with Crippen molar-refractivity contribution in [2.24, 2.45) is 0 Å². The van der Waals surface area contributed by atoms with E-state index in [1.54, 1.807) is 19.1 Å². The fourth-order valence-corrected chi connectivity index (χ4v) is 2.78. The number of para-hydroxylation sites is 1. The van der Waals surface area contributed by atoms with Gasteiger partial charge in [-0.3, -0.25) is 9.69 Å². The number of aromatic nitrogens is 2. The number of ether oxygens (including phenoxy) is 1. The van der Waals surface area contributed by atoms with Gasteiger partial charge in [-0.05, 0) is 19.1 Å². The number of benzene rings is 1. The molecule has 0 bridgehead atoms. The van der Waals surface area contributed by atoms with E-state index in [9.17, 15) is 14.0 Å². The van der Waals surface area contributed by atoms with Crippen molar-refractivity contribution in [3.8, 4) is 5.75 Å². The van der Waals surface area contributed by atoms with Gasteiger partial charge in [-0.25, -0.2) is 9.18 Å². The zero-order valence-electron chi connectivity index (χ0n) is 13.3. The van der Waals surface area contributed by atoms with Crippen LogP contribution in [0.15, 0.2) is 33.9 Å². The predicted molar refractivity (Wildman–Crippen MR) is 85.6 cm³/mol. The number of nitrogens with zero attached hydrogens (tertiary/aromatic N) is 3. The van der Waals surface area contributed by atoms with Gasteiger partial charge in [0.25, 0.3) is 11.1 Å². The molecule has 1 fully saturated rings. The Morgan fingerprint density at radius 2 is 2.28 bits per heavy atom. The minimum atomic E-state index is -0.654. The summed E-state index contributed by atoms with van der Waals surface area (Å²) in [6.07, 6.45) is -0.654. The van der Waals surface area contributed by atoms with Crippen molar-refractivity contribution in [2.45, 2.75) is 18.3 Å². The zero-order valence-corrected chi connectivity index (χ0v) is 14.1. The summed E-state index contributed by atoms with van der Waals surface area (Å²) in [4.78, 5) is 24.5. The maximum Gasteiger partial charge on any atom is 0.324 e. The average molecular weight is 366 g/mol. The van der Waals surface area contributed by atoms with Crippen LogP contribution in [0.2, 0.25) is 0 Å². The molecule has 8 nitrogen and oxygen atoms in total. The van der Waals surface area contributed by atoms with Gasteiger partial charge >= 0.3 is 6.03 Å². The Balaban J connectivity index is 1.56. The Hall–Kier alpha value is -2.62. The smallest absolute Gasteiger partial charge is 0.324 e. The summed E-state index contributed by atoms with van der Waals surface area (Å²) in [5.74, 6) is -0.583. The van der Waals surface area contributed by atoms with E-state index in [1.165, 1.54) is 12.1 Å². The van der Waals surface area contributed by atoms with Crippen LogP contribution in [0.1, 0.15) is 18.9 Å². The van der Waals surface area contributed by atoms with Crippen LogP contribution >= 0.6 is 11.8 Å². The van der Waals surface area contributed by atoms with E-state index in [1.807, 2.05) is 0 Å². The largest absolute Gasteiger partial charge is 0.478 e. The van der Waals surface area contributed by atoms with Crippen molar-refractivity contribution in [1.82, 2.24) is 20.4 Å². The lowest BCUT2D eigenvalue weighted by molar-refractivity contribution is -0.124. The lowest BCUT2D eigenvalue weighted by Crippen LogP contribution is -2.35. The van der Waals surface area contributed by atoms with Gasteiger partial charge in [-0.15, -0.1) is 10.2 Å². The maximum absolute atomic E-state index is 13.6. The van der Waals surface area contributed by atoms with Gasteiger partial charge in [0.1, 0.15) is 0 Å². The highest BCUT2D eigenvalue weighted by molar-refractivity contribution is 7.99. The van der Waals surface area contributed by atoms with Crippen molar-refractivity contribution < 1.29 is 23.1 Å². The summed E-state index contributed by atoms with van der Waals surface area (Å²) in [7, 11) is 0. The van der Waals surface area contributed by atoms with Crippen LogP contribution in [0.3, 0.4) is 0 Å². The summed E-state index contributed by atoms with van der Waals surface area (Å²) >= 11 is 1.02. The number of halogens is 1. The molecule has 1 atom stereocenters. The number of rotatable bonds is 6. The van der Waals surface area contributed by atoms with Crippen LogP contribution < -0.4 is 10.1 Å². The van der Waals surface area contributed by atoms with E-state index in [0.717, 1.165) is 16.7 Å². The second-order valence-electron chi connectivity index (χ2n) is 5.16. The first-order chi connectivity index (χ1) is 12.0. The van der Waals surface area contributed by atoms with Gasteiger partial charge in [0, 0.05) is 13.1 Å². The van der Waals surface area contributed by atoms with Gasteiger partial charge in [-0.1, -0.05) is 23.9 Å². The standard InChI is InChI=1S/C15H15FN4O4S/c1-9(23-11-5-3-2-4-10(11)16)13-18-19-15(24-13)25-8-12(21)20-7-6-17-14(20)22/h2-5,9H,6-8H2,1H3,(H,17,22)/t9-/m1/s1. The third-order valence-corrected chi connectivity index (χ3v) is 4.19. The molecule has 1 N–H and O–H groups in total. The molecule has 1 aromatic heterocycles. The van der Waals surface area contributed by atoms with Crippen molar-refractivity contribution in [1.29, 1.82) is 0 Å². The highest BCUT2D eigenvalue weighted by atomic mass is 32.2. The number of hydrogen-bond donors (Lipinski definition) is 1. The zero-order chi connectivity index (χ0) is 17.8. The van der Waals surface area contributed by atoms with Crippen molar-refractivity contribution >= 4 is 23.7 Å². The Labute approximate surface area is 146 Å². The quantitative estimate of drug-likeness (QED) is 0.781. The summed E-state index contributed by atoms with van der Waals surface area (Å²) in [5.41, 5.74) is 0. The molecule has 2 heterocycles. The average Bonchev–Trinajstić information content (AvgIpc) is 3.24. The van der Waals surface area contributed by atoms with E-state index in [4.69, 9.17) is 9.15 Å². The van der Waals surface area contributed by atoms with Crippen LogP contribution in [-0.2, 0) is 4.79 Å². The molecule has 3 amide bonds. The molecule has 1 aliphatic rings. The fraction of sp³-hybridized carbons (Fsp3) is 0.333. The van der Waals surface area contributed by atoms with Gasteiger partial charge in [0.15, 0.2) is 17.7 Å². The minimum absolute atomic E-state index is 0.00238. The molecule has 1 aliphatic heterocycles. The lowest BCUT2D eigenvalue weighted by Gasteiger charge is -2.11. The molecule has 25 heavy (non-hydrogen) atoms. The predicted octanol–water partition coefficient (Wildman–Crippen LogP) is 1.99. The molecule has 0 radical (unpaired) electrons. The Morgan fingerprint density at radius 1 is 1.48 bits per heavy atom. The van der Waals surface area contributed by atoms with Crippen LogP contribution in [0, 0.1) is 5.82 Å². The third kappa shape index (κ3) is 4.08. The van der Waals surface area contributed by atoms with Crippen LogP contribution in [-0.4, -0.2) is 45.9 Å². The normalized spacial score (nSPS) is 15.1. The number of amides is 3. The Morgan fingerprint density at radius 3 is 3.00 bits per heavy atom. The van der Waals surface area contributed by atoms with E-state index in [0.29, 0.717) is 13.1 Å². The number of carbonyl (C=O) groups excluding carboxylic acids is 2. The maximum atomic E-state index is 13.6. The first kappa shape index (κ1) is 17.2. The molecule has 2 aromatic rings. The van der Waals surface area contributed by atoms with Gasteiger partial charge in [0.05, 0.1) is 5.75 Å². The molecular formula is C15H15FN4O4S. The molecule has 132 valence electrons. The summed E-state index contributed by atoms with van der Waals surface area (Å²) in [6.45, 7) is 2.44. The third-order valence-electron chi connectivity index (χ3n) is 3.39. The molecule has 0 spiro atoms. The van der Waals surface area contributed by atoms with Crippen LogP contribution in [0.25, 0.3) is 0 Å². The number of nitrogens with one attached hydrogen (secondary N) is 1. The summed E-state index contributed by atoms with van der Waals surface area (Å²) in [6, 6.07) is 5.60. The van der Waals surface area contributed by atoms with Gasteiger partial charge < -0.3 is 14.5 Å². The molecule has 10 heteroatoms. The number of urea groups is 1. The van der Waals surface area contributed by atoms with Gasteiger partial charge in [0.2, 0.25) is 5.91 Å². The van der Waals surface area contributed by atoms with Crippen molar-refractivity contribution in [3.63, 3.8) is 0 Å². The van der Waals surface area contributed by atoms with E-state index >= 15 is 0 Å². The SMILES string of the molecule is C[C@@H](Oc1ccccc1F)c1nnc(SCC(=O)N2CCNC2=O)o1. The second kappa shape index (κ2) is 7.51. The van der Waals surface area contributed by atoms with E-state index < -0.39 is 18.0 Å². The summed E-state index contributed by atoms with van der Waals surface area (Å²) < 4.78 is 24.5. The second-order valence-corrected chi connectivity index (χ2v) is 6.09. The van der Waals surface area contributed by atoms with Crippen LogP contribution in [0.4, 0.5) is 9.18 Å². The Bertz CT molecular complexity index is 784. The molecule has 0 unspecified atom stereocenters. The highest BCUT2D eigenvalue weighted by Gasteiger charge is 2.26. The first-order valence-electron chi connectivity index (χ1n) is 7.50. The molecule has 0 saturated carbocycles. The van der Waals surface area contributed by atoms with E-state index in [2.05, 4.69) is 15.5 Å². The molecule has 1 saturated heterocycles. The fourth-order valence-electron chi connectivity index (χ4n) is 2.14.